The normalized spacial score (nSPS) is 29.4. The van der Waals surface area contributed by atoms with Gasteiger partial charge in [-0.15, -0.1) is 0 Å². The van der Waals surface area contributed by atoms with Crippen molar-refractivity contribution in [3.8, 4) is 5.75 Å². The number of hydrogen-bond acceptors (Lipinski definition) is 8. The molecule has 0 aromatic heterocycles. The summed E-state index contributed by atoms with van der Waals surface area (Å²) >= 11 is 0. The fourth-order valence-electron chi connectivity index (χ4n) is 5.49. The van der Waals surface area contributed by atoms with Crippen molar-refractivity contribution in [2.75, 3.05) is 19.7 Å². The molecule has 0 saturated carbocycles. The number of rotatable bonds is 6. The summed E-state index contributed by atoms with van der Waals surface area (Å²) in [5, 5.41) is 50.2. The van der Waals surface area contributed by atoms with Crippen LogP contribution in [-0.2, 0) is 9.59 Å². The molecule has 4 aliphatic heterocycles. The van der Waals surface area contributed by atoms with Gasteiger partial charge in [0.1, 0.15) is 11.8 Å². The number of carbonyl (C=O) groups is 3. The van der Waals surface area contributed by atoms with Crippen LogP contribution in [0.4, 0.5) is 13.2 Å². The number of nitrogens with zero attached hydrogens (tertiary/aromatic N) is 2. The molecule has 1 aromatic carbocycles. The van der Waals surface area contributed by atoms with Crippen LogP contribution in [0.3, 0.4) is 0 Å². The van der Waals surface area contributed by atoms with Crippen LogP contribution in [0.15, 0.2) is 24.3 Å². The third kappa shape index (κ3) is 4.36. The third-order valence-corrected chi connectivity index (χ3v) is 7.24. The van der Waals surface area contributed by atoms with Gasteiger partial charge >= 0.3 is 6.18 Å². The van der Waals surface area contributed by atoms with E-state index >= 15 is 0 Å². The van der Waals surface area contributed by atoms with Crippen molar-refractivity contribution in [3.05, 3.63) is 29.8 Å². The molecule has 3 amide bonds. The topological polar surface area (TPSA) is 203 Å². The molecule has 0 aliphatic carbocycles. The Bertz CT molecular complexity index is 1240. The van der Waals surface area contributed by atoms with Crippen molar-refractivity contribution in [1.82, 2.24) is 31.1 Å². The van der Waals surface area contributed by atoms with E-state index in [0.717, 1.165) is 11.0 Å². The molecule has 17 heteroatoms. The van der Waals surface area contributed by atoms with Crippen LogP contribution in [0.25, 0.3) is 0 Å². The maximum absolute atomic E-state index is 13.0. The number of amides is 3. The van der Waals surface area contributed by atoms with Gasteiger partial charge < -0.3 is 41.1 Å². The highest BCUT2D eigenvalue weighted by atomic mass is 19.4. The highest BCUT2D eigenvalue weighted by molar-refractivity contribution is 6.02. The zero-order chi connectivity index (χ0) is 28.3. The zero-order valence-electron chi connectivity index (χ0n) is 20.1. The van der Waals surface area contributed by atoms with Crippen LogP contribution in [0, 0.1) is 10.8 Å². The summed E-state index contributed by atoms with van der Waals surface area (Å²) in [4.78, 5) is 39.6. The van der Waals surface area contributed by atoms with Crippen LogP contribution < -0.4 is 26.0 Å². The van der Waals surface area contributed by atoms with Crippen LogP contribution in [0.5, 0.6) is 5.75 Å². The van der Waals surface area contributed by atoms with Crippen LogP contribution in [0.1, 0.15) is 23.2 Å². The van der Waals surface area contributed by atoms with Crippen molar-refractivity contribution in [2.45, 2.75) is 48.6 Å². The van der Waals surface area contributed by atoms with Crippen molar-refractivity contribution in [1.29, 1.82) is 10.8 Å². The molecule has 0 bridgehead atoms. The Hall–Kier alpha value is -4.12. The Morgan fingerprint density at radius 3 is 2.54 bits per heavy atom. The quantitative estimate of drug-likeness (QED) is 0.143. The van der Waals surface area contributed by atoms with E-state index in [-0.39, 0.29) is 49.2 Å². The molecule has 210 valence electrons. The fraction of sp³-hybridized carbons (Fsp3) is 0.500. The predicted octanol–water partition coefficient (Wildman–Crippen LogP) is -2.03. The summed E-state index contributed by atoms with van der Waals surface area (Å²) in [6, 6.07) is 1.46. The van der Waals surface area contributed by atoms with Gasteiger partial charge in [-0.1, -0.05) is 6.07 Å². The monoisotopic (exact) mass is 554 g/mol. The Labute approximate surface area is 218 Å². The van der Waals surface area contributed by atoms with Gasteiger partial charge in [0, 0.05) is 24.9 Å². The van der Waals surface area contributed by atoms with Gasteiger partial charge in [-0.3, -0.25) is 30.1 Å². The summed E-state index contributed by atoms with van der Waals surface area (Å²) in [5.74, 6) is -5.37. The average Bonchev–Trinajstić information content (AvgIpc) is 3.45. The second kappa shape index (κ2) is 8.98. The first-order chi connectivity index (χ1) is 18.2. The number of likely N-dealkylation sites (tertiary alicyclic amines) is 1. The lowest BCUT2D eigenvalue weighted by molar-refractivity contribution is -0.232. The highest BCUT2D eigenvalue weighted by Gasteiger charge is 2.74. The Morgan fingerprint density at radius 2 is 1.87 bits per heavy atom. The maximum Gasteiger partial charge on any atom is 0.422 e. The molecular weight excluding hydrogens is 529 g/mol. The number of halogens is 3. The minimum atomic E-state index is -4.59. The first-order valence-corrected chi connectivity index (χ1v) is 11.9. The van der Waals surface area contributed by atoms with Crippen LogP contribution in [-0.4, -0.2) is 105 Å². The molecule has 4 aliphatic rings. The standard InChI is InChI=1S/C22H25F3N8O6/c23-20(24,25)9-39-11-3-1-2-10(6-11)17(36)29-13-8-33-19(27)28-12(7-32-14(34)4-5-15(32)35)16-21(33,22(13,37)38)31-18(26)30-16/h1-3,6,12-13,16,37-38H,4-5,7-9H2,(H2,27,28)(H,29,36)(H3,26,30,31)/t12-,13-,16-,21-/m0/s1. The predicted molar refractivity (Wildman–Crippen MR) is 124 cm³/mol. The van der Waals surface area contributed by atoms with E-state index in [1.807, 2.05) is 0 Å². The third-order valence-electron chi connectivity index (χ3n) is 7.24. The maximum atomic E-state index is 13.0. The molecular formula is C22H25F3N8O6. The lowest BCUT2D eigenvalue weighted by atomic mass is 9.84. The largest absolute Gasteiger partial charge is 0.484 e. The summed E-state index contributed by atoms with van der Waals surface area (Å²) < 4.78 is 42.2. The molecule has 0 radical (unpaired) electrons. The van der Waals surface area contributed by atoms with E-state index in [0.29, 0.717) is 0 Å². The number of nitrogens with one attached hydrogen (secondary N) is 6. The SMILES string of the molecule is N=C1N[C@H]2[C@H](CN3C(=O)CCC3=O)NC(=N)N3C[C@H](NC(=O)c4cccc(OCC(F)(F)F)c4)C(O)(O)[C@]23N1. The van der Waals surface area contributed by atoms with Crippen LogP contribution in [0.2, 0.25) is 0 Å². The number of alkyl halides is 3. The van der Waals surface area contributed by atoms with Gasteiger partial charge in [-0.05, 0) is 18.2 Å². The van der Waals surface area contributed by atoms with Crippen LogP contribution >= 0.6 is 0 Å². The molecule has 4 fully saturated rings. The second-order valence-electron chi connectivity index (χ2n) is 9.68. The molecule has 4 saturated heterocycles. The molecule has 14 nitrogen and oxygen atoms in total. The average molecular weight is 554 g/mol. The van der Waals surface area contributed by atoms with Crippen molar-refractivity contribution in [2.24, 2.45) is 0 Å². The van der Waals surface area contributed by atoms with Crippen molar-refractivity contribution in [3.63, 3.8) is 0 Å². The molecule has 39 heavy (non-hydrogen) atoms. The second-order valence-corrected chi connectivity index (χ2v) is 9.68. The number of benzene rings is 1. The van der Waals surface area contributed by atoms with Gasteiger partial charge in [0.2, 0.25) is 17.6 Å². The van der Waals surface area contributed by atoms with Gasteiger partial charge in [-0.25, -0.2) is 0 Å². The molecule has 4 heterocycles. The number of aliphatic hydroxyl groups is 2. The van der Waals surface area contributed by atoms with E-state index in [9.17, 15) is 37.8 Å². The Balaban J connectivity index is 1.39. The molecule has 4 atom stereocenters. The number of ether oxygens (including phenoxy) is 1. The Kier molecular flexibility index (Phi) is 6.10. The minimum Gasteiger partial charge on any atom is -0.484 e. The molecule has 1 aromatic rings. The van der Waals surface area contributed by atoms with Gasteiger partial charge in [0.05, 0.1) is 18.6 Å². The lowest BCUT2D eigenvalue weighted by Crippen LogP contribution is -2.81. The number of imide groups is 1. The van der Waals surface area contributed by atoms with Gasteiger partial charge in [-0.2, -0.15) is 13.2 Å². The summed E-state index contributed by atoms with van der Waals surface area (Å²) in [7, 11) is 0. The first kappa shape index (κ1) is 26.5. The summed E-state index contributed by atoms with van der Waals surface area (Å²) in [6.45, 7) is -2.09. The van der Waals surface area contributed by atoms with E-state index in [1.165, 1.54) is 23.1 Å². The molecule has 1 spiro atoms. The summed E-state index contributed by atoms with van der Waals surface area (Å²) in [5.41, 5.74) is -2.08. The fourth-order valence-corrected chi connectivity index (χ4v) is 5.49. The number of carbonyl (C=O) groups excluding carboxylic acids is 3. The molecule has 0 unspecified atom stereocenters. The van der Waals surface area contributed by atoms with E-state index < -0.39 is 60.1 Å². The van der Waals surface area contributed by atoms with E-state index in [1.54, 1.807) is 0 Å². The zero-order valence-corrected chi connectivity index (χ0v) is 20.1. The Morgan fingerprint density at radius 1 is 1.18 bits per heavy atom. The lowest BCUT2D eigenvalue weighted by Gasteiger charge is -2.51. The smallest absolute Gasteiger partial charge is 0.422 e. The first-order valence-electron chi connectivity index (χ1n) is 11.9. The highest BCUT2D eigenvalue weighted by Crippen LogP contribution is 2.43. The molecule has 8 N–H and O–H groups in total. The molecule has 5 rings (SSSR count). The summed E-state index contributed by atoms with van der Waals surface area (Å²) in [6.07, 6.45) is -4.52. The number of guanidine groups is 2. The van der Waals surface area contributed by atoms with Crippen molar-refractivity contribution < 1.29 is 42.5 Å². The van der Waals surface area contributed by atoms with Gasteiger partial charge in [0.15, 0.2) is 24.2 Å². The number of hydrogen-bond donors (Lipinski definition) is 8. The van der Waals surface area contributed by atoms with E-state index in [4.69, 9.17) is 10.8 Å². The minimum absolute atomic E-state index is 0.0346. The van der Waals surface area contributed by atoms with Gasteiger partial charge in [0.25, 0.3) is 5.91 Å². The van der Waals surface area contributed by atoms with E-state index in [2.05, 4.69) is 26.0 Å². The van der Waals surface area contributed by atoms with Crippen molar-refractivity contribution >= 4 is 29.6 Å².